The smallest absolute Gasteiger partial charge is 0.313 e. The molecule has 1 aromatic heterocycles. The van der Waals surface area contributed by atoms with Crippen molar-refractivity contribution < 1.29 is 19.0 Å². The van der Waals surface area contributed by atoms with Crippen molar-refractivity contribution in [3.05, 3.63) is 77.4 Å². The Kier molecular flexibility index (Phi) is 6.75. The van der Waals surface area contributed by atoms with Crippen LogP contribution in [0.2, 0.25) is 0 Å². The van der Waals surface area contributed by atoms with Gasteiger partial charge in [-0.3, -0.25) is 9.59 Å². The van der Waals surface area contributed by atoms with Gasteiger partial charge in [0, 0.05) is 43.2 Å². The number of nitrogens with zero attached hydrogens (tertiary/aromatic N) is 4. The molecule has 9 heteroatoms. The number of halogens is 1. The minimum atomic E-state index is -0.531. The van der Waals surface area contributed by atoms with E-state index in [0.717, 1.165) is 30.2 Å². The van der Waals surface area contributed by atoms with Crippen LogP contribution in [0.1, 0.15) is 12.8 Å². The van der Waals surface area contributed by atoms with E-state index >= 15 is 4.39 Å². The molecule has 6 rings (SSSR count). The van der Waals surface area contributed by atoms with E-state index < -0.39 is 11.4 Å². The SMILES string of the molecule is C=CC(=O)N1CC(Cn2c(=O)c(OCC3CCCN3C)nc3cc(-c4cc(O)cc5ccccc45)c(F)cc32)C1. The van der Waals surface area contributed by atoms with Crippen LogP contribution in [-0.4, -0.2) is 69.7 Å². The number of phenolic OH excluding ortho intramolecular Hbond substituents is 1. The van der Waals surface area contributed by atoms with Gasteiger partial charge < -0.3 is 24.2 Å². The van der Waals surface area contributed by atoms with Crippen molar-refractivity contribution in [2.24, 2.45) is 5.92 Å². The normalized spacial score (nSPS) is 17.9. The molecule has 1 atom stereocenters. The van der Waals surface area contributed by atoms with Gasteiger partial charge in [0.05, 0.1) is 11.0 Å². The van der Waals surface area contributed by atoms with E-state index in [1.165, 1.54) is 22.8 Å². The van der Waals surface area contributed by atoms with Gasteiger partial charge in [0.1, 0.15) is 18.2 Å². The molecular weight excluding hydrogens is 511 g/mol. The first kappa shape index (κ1) is 26.0. The number of benzene rings is 3. The maximum Gasteiger partial charge on any atom is 0.313 e. The van der Waals surface area contributed by atoms with E-state index in [-0.39, 0.29) is 35.1 Å². The Labute approximate surface area is 230 Å². The Morgan fingerprint density at radius 2 is 2.00 bits per heavy atom. The van der Waals surface area contributed by atoms with Crippen molar-refractivity contribution >= 4 is 27.7 Å². The molecule has 1 N–H and O–H groups in total. The summed E-state index contributed by atoms with van der Waals surface area (Å²) in [7, 11) is 2.04. The maximum absolute atomic E-state index is 15.8. The molecule has 2 fully saturated rings. The molecule has 3 aromatic carbocycles. The molecule has 1 unspecified atom stereocenters. The van der Waals surface area contributed by atoms with Crippen molar-refractivity contribution in [1.29, 1.82) is 0 Å². The molecular formula is C31H31FN4O4. The van der Waals surface area contributed by atoms with Gasteiger partial charge in [-0.2, -0.15) is 0 Å². The highest BCUT2D eigenvalue weighted by Crippen LogP contribution is 2.36. The zero-order valence-electron chi connectivity index (χ0n) is 22.3. The lowest BCUT2D eigenvalue weighted by Crippen LogP contribution is -2.51. The monoisotopic (exact) mass is 542 g/mol. The summed E-state index contributed by atoms with van der Waals surface area (Å²) in [6.45, 7) is 6.11. The Bertz CT molecular complexity index is 1690. The van der Waals surface area contributed by atoms with E-state index in [1.807, 2.05) is 31.3 Å². The number of hydrogen-bond donors (Lipinski definition) is 1. The Morgan fingerprint density at radius 1 is 1.20 bits per heavy atom. The topological polar surface area (TPSA) is 87.9 Å². The average Bonchev–Trinajstić information content (AvgIpc) is 3.34. The number of amides is 1. The first-order valence-corrected chi connectivity index (χ1v) is 13.5. The minimum Gasteiger partial charge on any atom is -0.508 e. The highest BCUT2D eigenvalue weighted by molar-refractivity contribution is 5.99. The molecule has 0 spiro atoms. The molecule has 0 aliphatic carbocycles. The number of likely N-dealkylation sites (N-methyl/N-ethyl adjacent to an activating group) is 1. The maximum atomic E-state index is 15.8. The van der Waals surface area contributed by atoms with E-state index in [0.29, 0.717) is 42.8 Å². The molecule has 2 aliphatic rings. The number of aromatic hydroxyl groups is 1. The number of hydrogen-bond acceptors (Lipinski definition) is 6. The third-order valence-corrected chi connectivity index (χ3v) is 8.11. The second-order valence-corrected chi connectivity index (χ2v) is 10.8. The summed E-state index contributed by atoms with van der Waals surface area (Å²) in [5, 5.41) is 11.9. The van der Waals surface area contributed by atoms with Gasteiger partial charge in [-0.05, 0) is 67.0 Å². The third-order valence-electron chi connectivity index (χ3n) is 8.11. The number of phenols is 1. The van der Waals surface area contributed by atoms with Crippen LogP contribution in [-0.2, 0) is 11.3 Å². The fourth-order valence-electron chi connectivity index (χ4n) is 5.86. The lowest BCUT2D eigenvalue weighted by Gasteiger charge is -2.39. The van der Waals surface area contributed by atoms with E-state index in [9.17, 15) is 14.7 Å². The van der Waals surface area contributed by atoms with Gasteiger partial charge in [0.15, 0.2) is 0 Å². The molecule has 0 saturated carbocycles. The van der Waals surface area contributed by atoms with Crippen molar-refractivity contribution in [2.75, 3.05) is 33.3 Å². The predicted octanol–water partition coefficient (Wildman–Crippen LogP) is 4.18. The summed E-state index contributed by atoms with van der Waals surface area (Å²) in [6, 6.07) is 13.8. The number of carbonyl (C=O) groups is 1. The largest absolute Gasteiger partial charge is 0.508 e. The van der Waals surface area contributed by atoms with E-state index in [1.54, 1.807) is 17.0 Å². The fraction of sp³-hybridized carbons (Fsp3) is 0.323. The van der Waals surface area contributed by atoms with Crippen LogP contribution in [0.5, 0.6) is 11.6 Å². The molecule has 2 aliphatic heterocycles. The molecule has 4 aromatic rings. The van der Waals surface area contributed by atoms with E-state index in [4.69, 9.17) is 4.74 Å². The standard InChI is InChI=1S/C31H31FN4O4/c1-3-29(38)35-15-19(16-35)17-36-28-14-26(32)25(24-12-22(37)11-20-7-4-5-9-23(20)24)13-27(28)33-30(31(36)39)40-18-21-8-6-10-34(21)2/h3-5,7,9,11-14,19,21,37H,1,6,8,10,15-18H2,2H3. The predicted molar refractivity (Wildman–Crippen MR) is 152 cm³/mol. The molecule has 8 nitrogen and oxygen atoms in total. The van der Waals surface area contributed by atoms with Crippen molar-refractivity contribution in [1.82, 2.24) is 19.4 Å². The summed E-state index contributed by atoms with van der Waals surface area (Å²) >= 11 is 0. The highest BCUT2D eigenvalue weighted by atomic mass is 19.1. The number of aromatic nitrogens is 2. The fourth-order valence-corrected chi connectivity index (χ4v) is 5.86. The summed E-state index contributed by atoms with van der Waals surface area (Å²) < 4.78 is 23.3. The van der Waals surface area contributed by atoms with Crippen molar-refractivity contribution in [3.8, 4) is 22.8 Å². The summed E-state index contributed by atoms with van der Waals surface area (Å²) in [4.78, 5) is 34.0. The van der Waals surface area contributed by atoms with E-state index in [2.05, 4.69) is 16.5 Å². The highest BCUT2D eigenvalue weighted by Gasteiger charge is 2.31. The summed E-state index contributed by atoms with van der Waals surface area (Å²) in [6.07, 6.45) is 3.33. The molecule has 2 saturated heterocycles. The van der Waals surface area contributed by atoms with Gasteiger partial charge in [-0.1, -0.05) is 30.8 Å². The molecule has 3 heterocycles. The van der Waals surface area contributed by atoms with Crippen LogP contribution in [0.3, 0.4) is 0 Å². The molecule has 40 heavy (non-hydrogen) atoms. The average molecular weight is 543 g/mol. The second kappa shape index (κ2) is 10.4. The van der Waals surface area contributed by atoms with Gasteiger partial charge in [-0.15, -0.1) is 0 Å². The first-order chi connectivity index (χ1) is 19.3. The summed E-state index contributed by atoms with van der Waals surface area (Å²) in [5.74, 6) is -0.652. The van der Waals surface area contributed by atoms with Gasteiger partial charge in [0.2, 0.25) is 5.91 Å². The van der Waals surface area contributed by atoms with Crippen LogP contribution < -0.4 is 10.3 Å². The van der Waals surface area contributed by atoms with Crippen LogP contribution >= 0.6 is 0 Å². The molecule has 1 amide bonds. The first-order valence-electron chi connectivity index (χ1n) is 13.5. The third kappa shape index (κ3) is 4.70. The Morgan fingerprint density at radius 3 is 2.75 bits per heavy atom. The zero-order valence-corrected chi connectivity index (χ0v) is 22.3. The molecule has 0 radical (unpaired) electrons. The summed E-state index contributed by atoms with van der Waals surface area (Å²) in [5.41, 5.74) is 1.15. The number of rotatable bonds is 7. The molecule has 0 bridgehead atoms. The lowest BCUT2D eigenvalue weighted by atomic mass is 9.96. The van der Waals surface area contributed by atoms with Crippen molar-refractivity contribution in [2.45, 2.75) is 25.4 Å². The number of fused-ring (bicyclic) bond motifs is 2. The van der Waals surface area contributed by atoms with Crippen LogP contribution in [0.25, 0.3) is 32.9 Å². The van der Waals surface area contributed by atoms with Crippen LogP contribution in [0.15, 0.2) is 66.0 Å². The van der Waals surface area contributed by atoms with Crippen molar-refractivity contribution in [3.63, 3.8) is 0 Å². The zero-order chi connectivity index (χ0) is 28.0. The number of carbonyl (C=O) groups excluding carboxylic acids is 1. The van der Waals surface area contributed by atoms with Gasteiger partial charge in [0.25, 0.3) is 5.88 Å². The number of ether oxygens (including phenoxy) is 1. The quantitative estimate of drug-likeness (QED) is 0.353. The Hall–Kier alpha value is -4.24. The van der Waals surface area contributed by atoms with Gasteiger partial charge >= 0.3 is 5.56 Å². The lowest BCUT2D eigenvalue weighted by molar-refractivity contribution is -0.132. The number of likely N-dealkylation sites (tertiary alicyclic amines) is 2. The second-order valence-electron chi connectivity index (χ2n) is 10.8. The van der Waals surface area contributed by atoms with Gasteiger partial charge in [-0.25, -0.2) is 9.37 Å². The minimum absolute atomic E-state index is 0.0236. The van der Waals surface area contributed by atoms with Crippen LogP contribution in [0, 0.1) is 11.7 Å². The van der Waals surface area contributed by atoms with Crippen LogP contribution in [0.4, 0.5) is 4.39 Å². The molecule has 206 valence electrons. The Balaban J connectivity index is 1.44.